The van der Waals surface area contributed by atoms with Crippen molar-refractivity contribution in [2.75, 3.05) is 0 Å². The van der Waals surface area contributed by atoms with Crippen LogP contribution in [-0.4, -0.2) is 38.4 Å². The third-order valence-corrected chi connectivity index (χ3v) is 3.96. The van der Waals surface area contributed by atoms with Crippen LogP contribution in [0.15, 0.2) is 24.3 Å². The lowest BCUT2D eigenvalue weighted by molar-refractivity contribution is -0.131. The molecule has 0 bridgehead atoms. The summed E-state index contributed by atoms with van der Waals surface area (Å²) in [5.74, 6) is 0.138. The first-order valence-corrected chi connectivity index (χ1v) is 9.12. The van der Waals surface area contributed by atoms with Gasteiger partial charge >= 0.3 is 6.09 Å². The van der Waals surface area contributed by atoms with Gasteiger partial charge < -0.3 is 14.6 Å². The highest BCUT2D eigenvalue weighted by atomic mass is 16.6. The summed E-state index contributed by atoms with van der Waals surface area (Å²) in [7, 11) is 0. The van der Waals surface area contributed by atoms with E-state index in [9.17, 15) is 9.59 Å². The summed E-state index contributed by atoms with van der Waals surface area (Å²) in [4.78, 5) is 28.6. The zero-order chi connectivity index (χ0) is 20.0. The number of hydrogen-bond acceptors (Lipinski definition) is 5. The van der Waals surface area contributed by atoms with Crippen molar-refractivity contribution < 1.29 is 19.5 Å². The molecule has 148 valence electrons. The van der Waals surface area contributed by atoms with Crippen molar-refractivity contribution >= 4 is 23.0 Å². The summed E-state index contributed by atoms with van der Waals surface area (Å²) in [6, 6.07) is 6.92. The van der Waals surface area contributed by atoms with Crippen LogP contribution in [0.25, 0.3) is 11.0 Å². The van der Waals surface area contributed by atoms with Gasteiger partial charge in [-0.15, -0.1) is 0 Å². The molecule has 2 aromatic rings. The van der Waals surface area contributed by atoms with Crippen molar-refractivity contribution in [1.82, 2.24) is 20.3 Å². The molecule has 0 saturated carbocycles. The van der Waals surface area contributed by atoms with Crippen LogP contribution in [0.4, 0.5) is 4.79 Å². The zero-order valence-electron chi connectivity index (χ0n) is 16.3. The molecule has 2 rings (SSSR count). The highest BCUT2D eigenvalue weighted by Gasteiger charge is 2.25. The smallest absolute Gasteiger partial charge is 0.408 e. The quantitative estimate of drug-likeness (QED) is 0.509. The number of benzene rings is 1. The van der Waals surface area contributed by atoms with Gasteiger partial charge in [-0.1, -0.05) is 19.1 Å². The van der Waals surface area contributed by atoms with E-state index in [1.54, 1.807) is 26.3 Å². The molecule has 27 heavy (non-hydrogen) atoms. The molecule has 1 atom stereocenters. The number of hydroxylamine groups is 1. The number of alkyl carbamates (subject to hydrolysis) is 1. The standard InChI is InChI=1S/C19H28N4O4/c1-5-12-23-15-9-7-6-8-13(15)20-16(23)11-10-14(17(24)22-26)21-18(25)27-19(2,3)4/h6-9,14,26H,5,10-12H2,1-4H3,(H,21,25)(H,22,24). The second-order valence-corrected chi connectivity index (χ2v) is 7.38. The van der Waals surface area contributed by atoms with Crippen LogP contribution in [0.5, 0.6) is 0 Å². The number of hydrogen-bond donors (Lipinski definition) is 3. The Kier molecular flexibility index (Phi) is 6.79. The van der Waals surface area contributed by atoms with Crippen molar-refractivity contribution in [3.63, 3.8) is 0 Å². The summed E-state index contributed by atoms with van der Waals surface area (Å²) in [6.45, 7) is 8.11. The van der Waals surface area contributed by atoms with Gasteiger partial charge in [0.25, 0.3) is 5.91 Å². The van der Waals surface area contributed by atoms with E-state index in [1.165, 1.54) is 0 Å². The van der Waals surface area contributed by atoms with E-state index in [0.717, 1.165) is 29.8 Å². The van der Waals surface area contributed by atoms with Gasteiger partial charge in [0.2, 0.25) is 0 Å². The minimum absolute atomic E-state index is 0.276. The first-order valence-electron chi connectivity index (χ1n) is 9.12. The van der Waals surface area contributed by atoms with Crippen molar-refractivity contribution in [2.45, 2.75) is 65.1 Å². The van der Waals surface area contributed by atoms with Gasteiger partial charge in [0.05, 0.1) is 11.0 Å². The highest BCUT2D eigenvalue weighted by molar-refractivity contribution is 5.84. The molecule has 1 aromatic carbocycles. The normalized spacial score (nSPS) is 12.6. The Morgan fingerprint density at radius 2 is 2.00 bits per heavy atom. The first kappa shape index (κ1) is 20.7. The Morgan fingerprint density at radius 1 is 1.30 bits per heavy atom. The van der Waals surface area contributed by atoms with E-state index < -0.39 is 23.6 Å². The van der Waals surface area contributed by atoms with Crippen LogP contribution in [0.3, 0.4) is 0 Å². The van der Waals surface area contributed by atoms with Crippen LogP contribution < -0.4 is 10.8 Å². The van der Waals surface area contributed by atoms with Gasteiger partial charge in [-0.2, -0.15) is 0 Å². The molecular weight excluding hydrogens is 348 g/mol. The predicted molar refractivity (Wildman–Crippen MR) is 101 cm³/mol. The Balaban J connectivity index is 2.15. The average molecular weight is 376 g/mol. The molecular formula is C19H28N4O4. The zero-order valence-corrected chi connectivity index (χ0v) is 16.3. The van der Waals surface area contributed by atoms with E-state index in [-0.39, 0.29) is 6.42 Å². The van der Waals surface area contributed by atoms with Crippen LogP contribution in [0.1, 0.15) is 46.4 Å². The van der Waals surface area contributed by atoms with Crippen molar-refractivity contribution in [2.24, 2.45) is 0 Å². The average Bonchev–Trinajstić information content (AvgIpc) is 2.94. The van der Waals surface area contributed by atoms with E-state index in [1.807, 2.05) is 24.3 Å². The molecule has 1 aromatic heterocycles. The lowest BCUT2D eigenvalue weighted by atomic mass is 10.1. The lowest BCUT2D eigenvalue weighted by Crippen LogP contribution is -2.47. The van der Waals surface area contributed by atoms with E-state index in [4.69, 9.17) is 9.94 Å². The number of aryl methyl sites for hydroxylation is 2. The molecule has 0 aliphatic carbocycles. The molecule has 0 aliphatic rings. The van der Waals surface area contributed by atoms with Gasteiger partial charge in [0, 0.05) is 13.0 Å². The SMILES string of the molecule is CCCn1c(CCC(NC(=O)OC(C)(C)C)C(=O)NO)nc2ccccc21. The molecule has 1 unspecified atom stereocenters. The maximum absolute atomic E-state index is 12.0. The molecule has 2 amide bonds. The monoisotopic (exact) mass is 376 g/mol. The summed E-state index contributed by atoms with van der Waals surface area (Å²) >= 11 is 0. The summed E-state index contributed by atoms with van der Waals surface area (Å²) in [6.07, 6.45) is 0.976. The van der Waals surface area contributed by atoms with Gasteiger partial charge in [-0.05, 0) is 45.7 Å². The van der Waals surface area contributed by atoms with E-state index >= 15 is 0 Å². The van der Waals surface area contributed by atoms with E-state index in [0.29, 0.717) is 6.42 Å². The second kappa shape index (κ2) is 8.85. The number of rotatable bonds is 7. The maximum Gasteiger partial charge on any atom is 0.408 e. The van der Waals surface area contributed by atoms with Gasteiger partial charge in [0.15, 0.2) is 0 Å². The summed E-state index contributed by atoms with van der Waals surface area (Å²) < 4.78 is 7.31. The molecule has 0 saturated heterocycles. The Labute approximate surface area is 158 Å². The number of nitrogens with one attached hydrogen (secondary N) is 2. The summed E-state index contributed by atoms with van der Waals surface area (Å²) in [5.41, 5.74) is 2.85. The van der Waals surface area contributed by atoms with E-state index in [2.05, 4.69) is 21.8 Å². The van der Waals surface area contributed by atoms with Crippen LogP contribution in [-0.2, 0) is 22.5 Å². The molecule has 0 spiro atoms. The molecule has 0 fully saturated rings. The summed E-state index contributed by atoms with van der Waals surface area (Å²) in [5, 5.41) is 11.5. The molecule has 8 nitrogen and oxygen atoms in total. The minimum atomic E-state index is -0.931. The second-order valence-electron chi connectivity index (χ2n) is 7.38. The lowest BCUT2D eigenvalue weighted by Gasteiger charge is -2.22. The third-order valence-electron chi connectivity index (χ3n) is 3.96. The van der Waals surface area contributed by atoms with Crippen LogP contribution in [0.2, 0.25) is 0 Å². The fourth-order valence-electron chi connectivity index (χ4n) is 2.86. The van der Waals surface area contributed by atoms with Crippen molar-refractivity contribution in [3.05, 3.63) is 30.1 Å². The minimum Gasteiger partial charge on any atom is -0.444 e. The fraction of sp³-hybridized carbons (Fsp3) is 0.526. The topological polar surface area (TPSA) is 105 Å². The largest absolute Gasteiger partial charge is 0.444 e. The number of carbonyl (C=O) groups is 2. The predicted octanol–water partition coefficient (Wildman–Crippen LogP) is 2.78. The number of carbonyl (C=O) groups excluding carboxylic acids is 2. The van der Waals surface area contributed by atoms with Gasteiger partial charge in [0.1, 0.15) is 17.5 Å². The maximum atomic E-state index is 12.0. The number of imidazole rings is 1. The van der Waals surface area contributed by atoms with Crippen molar-refractivity contribution in [3.8, 4) is 0 Å². The Bertz CT molecular complexity index is 795. The Morgan fingerprint density at radius 3 is 2.63 bits per heavy atom. The first-order chi connectivity index (χ1) is 12.7. The van der Waals surface area contributed by atoms with Gasteiger partial charge in [-0.25, -0.2) is 15.3 Å². The number of para-hydroxylation sites is 2. The molecule has 1 heterocycles. The number of amides is 2. The molecule has 3 N–H and O–H groups in total. The molecule has 0 aliphatic heterocycles. The molecule has 0 radical (unpaired) electrons. The van der Waals surface area contributed by atoms with Crippen molar-refractivity contribution in [1.29, 1.82) is 0 Å². The fourth-order valence-corrected chi connectivity index (χ4v) is 2.86. The highest BCUT2D eigenvalue weighted by Crippen LogP contribution is 2.18. The molecule has 8 heteroatoms. The van der Waals surface area contributed by atoms with Crippen LogP contribution >= 0.6 is 0 Å². The van der Waals surface area contributed by atoms with Gasteiger partial charge in [-0.3, -0.25) is 10.0 Å². The Hall–Kier alpha value is -2.61. The number of fused-ring (bicyclic) bond motifs is 1. The number of ether oxygens (including phenoxy) is 1. The third kappa shape index (κ3) is 5.68. The number of nitrogens with zero attached hydrogens (tertiary/aromatic N) is 2. The number of aromatic nitrogens is 2. The van der Waals surface area contributed by atoms with Crippen LogP contribution in [0, 0.1) is 0 Å².